The normalized spacial score (nSPS) is 19.9. The minimum absolute atomic E-state index is 0.202. The minimum atomic E-state index is -1.00. The number of nitrogens with one attached hydrogen (secondary N) is 1. The number of methoxy groups -OCH3 is 1. The Kier molecular flexibility index (Phi) is 5.54. The molecule has 2 N–H and O–H groups in total. The molecule has 6 nitrogen and oxygen atoms in total. The molecule has 1 amide bonds. The number of halogens is 1. The second kappa shape index (κ2) is 7.41. The van der Waals surface area contributed by atoms with Crippen molar-refractivity contribution in [2.75, 3.05) is 12.4 Å². The van der Waals surface area contributed by atoms with Gasteiger partial charge in [-0.1, -0.05) is 28.1 Å². The Morgan fingerprint density at radius 3 is 2.48 bits per heavy atom. The van der Waals surface area contributed by atoms with Crippen LogP contribution in [0.25, 0.3) is 0 Å². The highest BCUT2D eigenvalue weighted by Crippen LogP contribution is 2.28. The summed E-state index contributed by atoms with van der Waals surface area (Å²) in [4.78, 5) is 35.6. The topological polar surface area (TPSA) is 92.7 Å². The number of anilines is 1. The van der Waals surface area contributed by atoms with Crippen LogP contribution < -0.4 is 5.32 Å². The first-order chi connectivity index (χ1) is 10.9. The van der Waals surface area contributed by atoms with Crippen molar-refractivity contribution in [3.63, 3.8) is 0 Å². The van der Waals surface area contributed by atoms with Crippen LogP contribution >= 0.6 is 15.9 Å². The quantitative estimate of drug-likeness (QED) is 0.617. The van der Waals surface area contributed by atoms with Gasteiger partial charge in [-0.2, -0.15) is 0 Å². The molecule has 1 aromatic carbocycles. The van der Waals surface area contributed by atoms with Crippen LogP contribution in [0, 0.1) is 11.8 Å². The smallest absolute Gasteiger partial charge is 0.340 e. The van der Waals surface area contributed by atoms with Crippen molar-refractivity contribution in [1.29, 1.82) is 0 Å². The molecule has 2 rings (SSSR count). The van der Waals surface area contributed by atoms with Gasteiger partial charge in [-0.25, -0.2) is 4.79 Å². The molecule has 1 aliphatic carbocycles. The first kappa shape index (κ1) is 17.2. The van der Waals surface area contributed by atoms with E-state index < -0.39 is 29.7 Å². The van der Waals surface area contributed by atoms with Crippen LogP contribution in [0.4, 0.5) is 5.69 Å². The number of allylic oxidation sites excluding steroid dienone is 2. The molecular weight excluding hydrogens is 366 g/mol. The van der Waals surface area contributed by atoms with E-state index in [1.165, 1.54) is 13.2 Å². The molecule has 2 atom stereocenters. The van der Waals surface area contributed by atoms with Gasteiger partial charge in [0.15, 0.2) is 0 Å². The van der Waals surface area contributed by atoms with Crippen molar-refractivity contribution in [2.24, 2.45) is 11.8 Å². The number of amides is 1. The van der Waals surface area contributed by atoms with E-state index in [2.05, 4.69) is 21.2 Å². The van der Waals surface area contributed by atoms with E-state index in [9.17, 15) is 19.5 Å². The number of carbonyl (C=O) groups is 3. The van der Waals surface area contributed by atoms with E-state index >= 15 is 0 Å². The maximum absolute atomic E-state index is 12.5. The number of hydrogen-bond acceptors (Lipinski definition) is 4. The molecule has 0 saturated heterocycles. The number of hydrogen-bond donors (Lipinski definition) is 2. The van der Waals surface area contributed by atoms with Crippen molar-refractivity contribution < 1.29 is 24.2 Å². The molecule has 0 fully saturated rings. The monoisotopic (exact) mass is 381 g/mol. The molecule has 1 aliphatic rings. The number of esters is 1. The van der Waals surface area contributed by atoms with E-state index in [1.807, 2.05) is 0 Å². The largest absolute Gasteiger partial charge is 0.481 e. The summed E-state index contributed by atoms with van der Waals surface area (Å²) in [5.41, 5.74) is 0.497. The predicted octanol–water partition coefficient (Wildman–Crippen LogP) is 2.84. The van der Waals surface area contributed by atoms with Gasteiger partial charge in [0, 0.05) is 4.47 Å². The van der Waals surface area contributed by atoms with Crippen LogP contribution in [0.3, 0.4) is 0 Å². The highest BCUT2D eigenvalue weighted by Gasteiger charge is 2.34. The fourth-order valence-electron chi connectivity index (χ4n) is 2.51. The molecule has 0 saturated carbocycles. The summed E-state index contributed by atoms with van der Waals surface area (Å²) >= 11 is 3.26. The SMILES string of the molecule is COC(=O)c1cc(Br)ccc1NC(=O)[C@@H]1CC=CC[C@@H]1C(=O)O. The van der Waals surface area contributed by atoms with Gasteiger partial charge >= 0.3 is 11.9 Å². The van der Waals surface area contributed by atoms with Crippen LogP contribution in [0.1, 0.15) is 23.2 Å². The third kappa shape index (κ3) is 3.98. The van der Waals surface area contributed by atoms with Gasteiger partial charge in [0.05, 0.1) is 30.2 Å². The average Bonchev–Trinajstić information content (AvgIpc) is 2.55. The van der Waals surface area contributed by atoms with Crippen LogP contribution in [0.2, 0.25) is 0 Å². The number of rotatable bonds is 4. The van der Waals surface area contributed by atoms with E-state index in [0.29, 0.717) is 23.0 Å². The lowest BCUT2D eigenvalue weighted by atomic mass is 9.82. The lowest BCUT2D eigenvalue weighted by molar-refractivity contribution is -0.146. The summed E-state index contributed by atoms with van der Waals surface area (Å²) in [6, 6.07) is 4.79. The maximum Gasteiger partial charge on any atom is 0.340 e. The Labute approximate surface area is 141 Å². The zero-order valence-electron chi connectivity index (χ0n) is 12.4. The summed E-state index contributed by atoms with van der Waals surface area (Å²) in [5, 5.41) is 11.9. The fourth-order valence-corrected chi connectivity index (χ4v) is 2.87. The number of benzene rings is 1. The Balaban J connectivity index is 2.24. The summed E-state index contributed by atoms with van der Waals surface area (Å²) in [6.45, 7) is 0. The summed E-state index contributed by atoms with van der Waals surface area (Å²) in [6.07, 6.45) is 4.24. The Morgan fingerprint density at radius 2 is 1.87 bits per heavy atom. The van der Waals surface area contributed by atoms with Crippen LogP contribution in [-0.4, -0.2) is 30.1 Å². The van der Waals surface area contributed by atoms with Crippen molar-refractivity contribution in [2.45, 2.75) is 12.8 Å². The zero-order chi connectivity index (χ0) is 17.0. The van der Waals surface area contributed by atoms with Gasteiger partial charge in [-0.05, 0) is 31.0 Å². The number of carbonyl (C=O) groups excluding carboxylic acids is 2. The van der Waals surface area contributed by atoms with Crippen molar-refractivity contribution in [3.05, 3.63) is 40.4 Å². The molecule has 7 heteroatoms. The van der Waals surface area contributed by atoms with Crippen LogP contribution in [0.5, 0.6) is 0 Å². The second-order valence-electron chi connectivity index (χ2n) is 5.16. The molecule has 0 unspecified atom stereocenters. The third-order valence-corrected chi connectivity index (χ3v) is 4.22. The van der Waals surface area contributed by atoms with Gasteiger partial charge in [0.25, 0.3) is 0 Å². The summed E-state index contributed by atoms with van der Waals surface area (Å²) in [5.74, 6) is -3.45. The third-order valence-electron chi connectivity index (χ3n) is 3.73. The van der Waals surface area contributed by atoms with Gasteiger partial charge in [-0.3, -0.25) is 9.59 Å². The first-order valence-corrected chi connectivity index (χ1v) is 7.80. The van der Waals surface area contributed by atoms with E-state index in [0.717, 1.165) is 0 Å². The molecule has 0 heterocycles. The summed E-state index contributed by atoms with van der Waals surface area (Å²) < 4.78 is 5.37. The molecule has 0 radical (unpaired) electrons. The molecule has 1 aromatic rings. The molecule has 23 heavy (non-hydrogen) atoms. The molecule has 122 valence electrons. The molecule has 0 aliphatic heterocycles. The summed E-state index contributed by atoms with van der Waals surface area (Å²) in [7, 11) is 1.25. The maximum atomic E-state index is 12.5. The lowest BCUT2D eigenvalue weighted by Crippen LogP contribution is -2.35. The highest BCUT2D eigenvalue weighted by molar-refractivity contribution is 9.10. The van der Waals surface area contributed by atoms with Crippen molar-refractivity contribution >= 4 is 39.5 Å². The number of aliphatic carboxylic acids is 1. The first-order valence-electron chi connectivity index (χ1n) is 7.00. The van der Waals surface area contributed by atoms with Gasteiger partial charge in [-0.15, -0.1) is 0 Å². The Hall–Kier alpha value is -2.15. The lowest BCUT2D eigenvalue weighted by Gasteiger charge is -2.24. The highest BCUT2D eigenvalue weighted by atomic mass is 79.9. The van der Waals surface area contributed by atoms with Gasteiger partial charge in [0.1, 0.15) is 0 Å². The number of carboxylic acids is 1. The predicted molar refractivity (Wildman–Crippen MR) is 87.1 cm³/mol. The van der Waals surface area contributed by atoms with E-state index in [4.69, 9.17) is 4.74 Å². The van der Waals surface area contributed by atoms with E-state index in [-0.39, 0.29) is 5.56 Å². The van der Waals surface area contributed by atoms with E-state index in [1.54, 1.807) is 24.3 Å². The van der Waals surface area contributed by atoms with Crippen LogP contribution in [0.15, 0.2) is 34.8 Å². The average molecular weight is 382 g/mol. The number of carboxylic acid groups (broad SMARTS) is 1. The second-order valence-corrected chi connectivity index (χ2v) is 6.08. The zero-order valence-corrected chi connectivity index (χ0v) is 14.0. The van der Waals surface area contributed by atoms with Crippen molar-refractivity contribution in [3.8, 4) is 0 Å². The Bertz CT molecular complexity index is 670. The Morgan fingerprint density at radius 1 is 1.22 bits per heavy atom. The van der Waals surface area contributed by atoms with Crippen molar-refractivity contribution in [1.82, 2.24) is 0 Å². The van der Waals surface area contributed by atoms with Gasteiger partial charge < -0.3 is 15.2 Å². The van der Waals surface area contributed by atoms with Crippen LogP contribution in [-0.2, 0) is 14.3 Å². The molecule has 0 bridgehead atoms. The molecule has 0 spiro atoms. The standard InChI is InChI=1S/C16H16BrNO5/c1-23-16(22)12-8-9(17)6-7-13(12)18-14(19)10-4-2-3-5-11(10)15(20)21/h2-3,6-8,10-11H,4-5H2,1H3,(H,18,19)(H,20,21)/t10-,11+/m1/s1. The minimum Gasteiger partial charge on any atom is -0.481 e. The van der Waals surface area contributed by atoms with Gasteiger partial charge in [0.2, 0.25) is 5.91 Å². The molecular formula is C16H16BrNO5. The fraction of sp³-hybridized carbons (Fsp3) is 0.312. The molecule has 0 aromatic heterocycles. The number of ether oxygens (including phenoxy) is 1.